The molecule has 0 unspecified atom stereocenters. The fraction of sp³-hybridized carbons (Fsp3) is 0.200. The van der Waals surface area contributed by atoms with Crippen LogP contribution in [0.5, 0.6) is 0 Å². The summed E-state index contributed by atoms with van der Waals surface area (Å²) >= 11 is 0. The van der Waals surface area contributed by atoms with Crippen molar-refractivity contribution in [2.45, 2.75) is 19.6 Å². The molecule has 0 aliphatic heterocycles. The first kappa shape index (κ1) is 23.3. The summed E-state index contributed by atoms with van der Waals surface area (Å²) in [4.78, 5) is 29.9. The Balaban J connectivity index is 1.56. The highest BCUT2D eigenvalue weighted by Crippen LogP contribution is 2.29. The van der Waals surface area contributed by atoms with Gasteiger partial charge in [0.25, 0.3) is 0 Å². The number of nitrogens with zero attached hydrogens (tertiary/aromatic N) is 5. The first-order valence-electron chi connectivity index (χ1n) is 11.0. The molecule has 0 bridgehead atoms. The average molecular weight is 494 g/mol. The van der Waals surface area contributed by atoms with Gasteiger partial charge >= 0.3 is 11.9 Å². The van der Waals surface area contributed by atoms with Crippen molar-refractivity contribution in [1.29, 1.82) is 0 Å². The number of para-hydroxylation sites is 1. The van der Waals surface area contributed by atoms with Crippen LogP contribution in [-0.2, 0) is 18.4 Å². The van der Waals surface area contributed by atoms with Crippen LogP contribution in [-0.4, -0.2) is 42.5 Å². The molecule has 0 spiro atoms. The highest BCUT2D eigenvalue weighted by Gasteiger charge is 2.28. The van der Waals surface area contributed by atoms with Crippen molar-refractivity contribution in [3.05, 3.63) is 77.1 Å². The molecular formula is C25H21F3N6O2. The van der Waals surface area contributed by atoms with Gasteiger partial charge in [0.1, 0.15) is 13.1 Å². The summed E-state index contributed by atoms with van der Waals surface area (Å²) in [7, 11) is 1.84. The fourth-order valence-electron chi connectivity index (χ4n) is 4.34. The van der Waals surface area contributed by atoms with E-state index in [1.165, 1.54) is 9.13 Å². The van der Waals surface area contributed by atoms with Gasteiger partial charge in [-0.3, -0.25) is 23.6 Å². The van der Waals surface area contributed by atoms with Crippen molar-refractivity contribution in [3.63, 3.8) is 0 Å². The van der Waals surface area contributed by atoms with E-state index in [1.54, 1.807) is 47.5 Å². The van der Waals surface area contributed by atoms with E-state index < -0.39 is 30.9 Å². The summed E-state index contributed by atoms with van der Waals surface area (Å²) in [5.41, 5.74) is 4.51. The molecule has 1 amide bonds. The maximum Gasteiger partial charge on any atom is 0.405 e. The summed E-state index contributed by atoms with van der Waals surface area (Å²) in [6.45, 7) is -0.164. The molecule has 3 aromatic heterocycles. The van der Waals surface area contributed by atoms with E-state index >= 15 is 0 Å². The molecule has 0 radical (unpaired) electrons. The molecule has 11 heteroatoms. The van der Waals surface area contributed by atoms with E-state index in [9.17, 15) is 22.8 Å². The second-order valence-electron chi connectivity index (χ2n) is 8.47. The number of nitrogens with one attached hydrogen (secondary N) is 1. The Morgan fingerprint density at radius 2 is 1.78 bits per heavy atom. The van der Waals surface area contributed by atoms with Gasteiger partial charge in [0.15, 0.2) is 0 Å². The maximum absolute atomic E-state index is 13.4. The van der Waals surface area contributed by atoms with Gasteiger partial charge < -0.3 is 5.32 Å². The lowest BCUT2D eigenvalue weighted by atomic mass is 10.0. The zero-order valence-electron chi connectivity index (χ0n) is 19.4. The number of hydrogen-bond donors (Lipinski definition) is 1. The second-order valence-corrected chi connectivity index (χ2v) is 8.47. The van der Waals surface area contributed by atoms with Gasteiger partial charge in [-0.05, 0) is 36.2 Å². The molecule has 8 nitrogen and oxygen atoms in total. The van der Waals surface area contributed by atoms with Crippen LogP contribution in [0.4, 0.5) is 13.2 Å². The second kappa shape index (κ2) is 8.67. The number of imidazole rings is 1. The van der Waals surface area contributed by atoms with Crippen molar-refractivity contribution in [2.24, 2.45) is 7.05 Å². The number of amides is 1. The van der Waals surface area contributed by atoms with Crippen LogP contribution < -0.4 is 11.0 Å². The summed E-state index contributed by atoms with van der Waals surface area (Å²) < 4.78 is 41.9. The number of aryl methyl sites for hydroxylation is 2. The van der Waals surface area contributed by atoms with E-state index in [4.69, 9.17) is 0 Å². The normalized spacial score (nSPS) is 11.9. The highest BCUT2D eigenvalue weighted by atomic mass is 19.4. The van der Waals surface area contributed by atoms with Crippen LogP contribution in [0.25, 0.3) is 38.8 Å². The third-order valence-corrected chi connectivity index (χ3v) is 6.05. The van der Waals surface area contributed by atoms with E-state index in [0.29, 0.717) is 16.7 Å². The predicted molar refractivity (Wildman–Crippen MR) is 129 cm³/mol. The molecule has 0 fully saturated rings. The van der Waals surface area contributed by atoms with Gasteiger partial charge in [-0.1, -0.05) is 24.3 Å². The number of alkyl halides is 3. The molecule has 36 heavy (non-hydrogen) atoms. The number of aromatic nitrogens is 5. The lowest BCUT2D eigenvalue weighted by Gasteiger charge is -2.08. The van der Waals surface area contributed by atoms with E-state index in [1.807, 2.05) is 37.5 Å². The number of rotatable bonds is 5. The number of halogens is 3. The summed E-state index contributed by atoms with van der Waals surface area (Å²) in [6, 6.07) is 12.5. The Morgan fingerprint density at radius 1 is 1.03 bits per heavy atom. The van der Waals surface area contributed by atoms with Crippen LogP contribution >= 0.6 is 0 Å². The van der Waals surface area contributed by atoms with E-state index in [2.05, 4.69) is 10.1 Å². The van der Waals surface area contributed by atoms with Crippen molar-refractivity contribution in [3.8, 4) is 16.8 Å². The lowest BCUT2D eigenvalue weighted by molar-refractivity contribution is -0.138. The summed E-state index contributed by atoms with van der Waals surface area (Å²) in [5.74, 6) is -0.901. The van der Waals surface area contributed by atoms with E-state index in [0.717, 1.165) is 27.6 Å². The minimum absolute atomic E-state index is 0.454. The number of carbonyl (C=O) groups is 1. The molecule has 3 heterocycles. The fourth-order valence-corrected chi connectivity index (χ4v) is 4.34. The van der Waals surface area contributed by atoms with Crippen LogP contribution in [0.1, 0.15) is 5.56 Å². The van der Waals surface area contributed by atoms with Gasteiger partial charge in [-0.2, -0.15) is 18.3 Å². The van der Waals surface area contributed by atoms with Crippen LogP contribution in [0.2, 0.25) is 0 Å². The average Bonchev–Trinajstić information content (AvgIpc) is 3.36. The van der Waals surface area contributed by atoms with Gasteiger partial charge in [0.05, 0.1) is 34.6 Å². The largest absolute Gasteiger partial charge is 0.405 e. The Morgan fingerprint density at radius 3 is 2.50 bits per heavy atom. The van der Waals surface area contributed by atoms with Gasteiger partial charge in [-0.15, -0.1) is 0 Å². The van der Waals surface area contributed by atoms with Gasteiger partial charge in [-0.25, -0.2) is 4.79 Å². The first-order chi connectivity index (χ1) is 17.1. The Kier molecular flexibility index (Phi) is 5.62. The molecule has 0 aliphatic carbocycles. The standard InChI is InChI=1S/C25H21F3N6O2/c1-15-4-3-5-20-23(15)34(24(36)33(20)13-22(35)30-14-25(26,27)28)17-8-6-16(7-9-17)18-10-29-12-21-19(18)11-31-32(21)2/h3-12H,13-14H2,1-2H3,(H,30,35). The van der Waals surface area contributed by atoms with Crippen molar-refractivity contribution in [1.82, 2.24) is 29.2 Å². The monoisotopic (exact) mass is 494 g/mol. The zero-order chi connectivity index (χ0) is 25.6. The van der Waals surface area contributed by atoms with Crippen LogP contribution in [0.3, 0.4) is 0 Å². The molecule has 0 aliphatic rings. The number of pyridine rings is 1. The molecule has 0 atom stereocenters. The molecule has 1 N–H and O–H groups in total. The molecule has 184 valence electrons. The summed E-state index contributed by atoms with van der Waals surface area (Å²) in [6.07, 6.45) is 0.719. The van der Waals surface area contributed by atoms with E-state index in [-0.39, 0.29) is 0 Å². The molecule has 5 rings (SSSR count). The number of hydrogen-bond acceptors (Lipinski definition) is 4. The first-order valence-corrected chi connectivity index (χ1v) is 11.0. The minimum Gasteiger partial charge on any atom is -0.345 e. The Labute approximate surface area is 202 Å². The minimum atomic E-state index is -4.54. The Bertz CT molecular complexity index is 1660. The van der Waals surface area contributed by atoms with Crippen LogP contribution in [0.15, 0.2) is 65.8 Å². The predicted octanol–water partition coefficient (Wildman–Crippen LogP) is 3.73. The van der Waals surface area contributed by atoms with Crippen molar-refractivity contribution in [2.75, 3.05) is 6.54 Å². The third kappa shape index (κ3) is 4.12. The molecule has 2 aromatic carbocycles. The molecule has 0 saturated carbocycles. The Hall–Kier alpha value is -4.41. The van der Waals surface area contributed by atoms with Gasteiger partial charge in [0.2, 0.25) is 5.91 Å². The quantitative estimate of drug-likeness (QED) is 0.404. The number of fused-ring (bicyclic) bond motifs is 2. The van der Waals surface area contributed by atoms with Crippen molar-refractivity contribution >= 4 is 27.8 Å². The molecule has 5 aromatic rings. The summed E-state index contributed by atoms with van der Waals surface area (Å²) in [5, 5.41) is 7.05. The number of carbonyl (C=O) groups excluding carboxylic acids is 1. The molecular weight excluding hydrogens is 473 g/mol. The zero-order valence-corrected chi connectivity index (χ0v) is 19.4. The SMILES string of the molecule is Cc1cccc2c1n(-c1ccc(-c3cncc4c3cnn4C)cc1)c(=O)n2CC(=O)NCC(F)(F)F. The topological polar surface area (TPSA) is 86.7 Å². The number of benzene rings is 2. The van der Waals surface area contributed by atoms with Crippen LogP contribution in [0, 0.1) is 6.92 Å². The third-order valence-electron chi connectivity index (χ3n) is 6.05. The maximum atomic E-state index is 13.4. The van der Waals surface area contributed by atoms with Crippen molar-refractivity contribution < 1.29 is 18.0 Å². The highest BCUT2D eigenvalue weighted by molar-refractivity contribution is 5.94. The lowest BCUT2D eigenvalue weighted by Crippen LogP contribution is -2.37. The van der Waals surface area contributed by atoms with Gasteiger partial charge in [0, 0.05) is 24.2 Å². The molecule has 0 saturated heterocycles. The smallest absolute Gasteiger partial charge is 0.345 e.